The van der Waals surface area contributed by atoms with Gasteiger partial charge in [-0.3, -0.25) is 0 Å². The van der Waals surface area contributed by atoms with Crippen LogP contribution in [0.3, 0.4) is 0 Å². The summed E-state index contributed by atoms with van der Waals surface area (Å²) >= 11 is 6.67. The molecule has 90 valence electrons. The van der Waals surface area contributed by atoms with Gasteiger partial charge in [-0.25, -0.2) is 0 Å². The van der Waals surface area contributed by atoms with Crippen molar-refractivity contribution in [3.8, 4) is 5.75 Å². The molecule has 0 aliphatic carbocycles. The number of aromatic hydroxyl groups is 1. The molecule has 0 saturated carbocycles. The lowest BCUT2D eigenvalue weighted by atomic mass is 10.1. The van der Waals surface area contributed by atoms with Gasteiger partial charge in [0.2, 0.25) is 0 Å². The highest BCUT2D eigenvalue weighted by molar-refractivity contribution is 9.11. The number of halogens is 3. The van der Waals surface area contributed by atoms with E-state index in [1.165, 1.54) is 5.56 Å². The zero-order valence-corrected chi connectivity index (χ0v) is 12.5. The molecule has 0 aromatic heterocycles. The highest BCUT2D eigenvalue weighted by Crippen LogP contribution is 2.35. The fraction of sp³-hybridized carbons (Fsp3) is 0.400. The standard InChI is InChI=1S/C10H12Br2N2O.ClH/c11-7-3-6(4-8(12)10(7)15)9-5-13-1-2-14-9;/h3-4,9,13-15H,1-2,5H2;1H/t9-;/m0./s1. The number of rotatable bonds is 1. The number of benzene rings is 1. The fourth-order valence-corrected chi connectivity index (χ4v) is 2.90. The Hall–Kier alpha value is 0.190. The molecule has 1 atom stereocenters. The Balaban J connectivity index is 0.00000128. The van der Waals surface area contributed by atoms with Gasteiger partial charge < -0.3 is 15.7 Å². The molecule has 6 heteroatoms. The SMILES string of the molecule is Cl.Oc1c(Br)cc([C@@H]2CNCCN2)cc1Br. The van der Waals surface area contributed by atoms with Crippen molar-refractivity contribution >= 4 is 44.3 Å². The van der Waals surface area contributed by atoms with Crippen molar-refractivity contribution in [3.63, 3.8) is 0 Å². The van der Waals surface area contributed by atoms with E-state index < -0.39 is 0 Å². The summed E-state index contributed by atoms with van der Waals surface area (Å²) in [7, 11) is 0. The van der Waals surface area contributed by atoms with Crippen LogP contribution >= 0.6 is 44.3 Å². The van der Waals surface area contributed by atoms with E-state index in [-0.39, 0.29) is 18.2 Å². The van der Waals surface area contributed by atoms with Crippen molar-refractivity contribution in [2.24, 2.45) is 0 Å². The van der Waals surface area contributed by atoms with Gasteiger partial charge in [-0.2, -0.15) is 0 Å². The average Bonchev–Trinajstić information content (AvgIpc) is 2.26. The molecule has 3 N–H and O–H groups in total. The molecule has 0 radical (unpaired) electrons. The number of piperazine rings is 1. The summed E-state index contributed by atoms with van der Waals surface area (Å²) in [5.41, 5.74) is 1.17. The summed E-state index contributed by atoms with van der Waals surface area (Å²) in [6.07, 6.45) is 0. The molecule has 16 heavy (non-hydrogen) atoms. The van der Waals surface area contributed by atoms with Crippen LogP contribution in [0.15, 0.2) is 21.1 Å². The van der Waals surface area contributed by atoms with Gasteiger partial charge in [-0.1, -0.05) is 0 Å². The quantitative estimate of drug-likeness (QED) is 0.710. The van der Waals surface area contributed by atoms with Crippen LogP contribution in [0.5, 0.6) is 5.75 Å². The lowest BCUT2D eigenvalue weighted by Gasteiger charge is -2.25. The maximum absolute atomic E-state index is 9.60. The monoisotopic (exact) mass is 370 g/mol. The third-order valence-electron chi connectivity index (χ3n) is 2.48. The van der Waals surface area contributed by atoms with Gasteiger partial charge in [-0.05, 0) is 49.6 Å². The molecule has 0 bridgehead atoms. The predicted octanol–water partition coefficient (Wildman–Crippen LogP) is 2.57. The molecular weight excluding hydrogens is 359 g/mol. The van der Waals surface area contributed by atoms with Gasteiger partial charge in [-0.15, -0.1) is 12.4 Å². The number of hydrogen-bond donors (Lipinski definition) is 3. The fourth-order valence-electron chi connectivity index (χ4n) is 1.68. The molecule has 1 fully saturated rings. The van der Waals surface area contributed by atoms with Crippen LogP contribution in [-0.2, 0) is 0 Å². The summed E-state index contributed by atoms with van der Waals surface area (Å²) < 4.78 is 1.44. The maximum Gasteiger partial charge on any atom is 0.143 e. The van der Waals surface area contributed by atoms with Gasteiger partial charge in [0.05, 0.1) is 8.95 Å². The van der Waals surface area contributed by atoms with Crippen LogP contribution in [0, 0.1) is 0 Å². The first-order chi connectivity index (χ1) is 7.18. The van der Waals surface area contributed by atoms with E-state index in [1.54, 1.807) is 0 Å². The van der Waals surface area contributed by atoms with Crippen molar-refractivity contribution in [2.75, 3.05) is 19.6 Å². The summed E-state index contributed by atoms with van der Waals surface area (Å²) in [5, 5.41) is 16.4. The van der Waals surface area contributed by atoms with E-state index in [1.807, 2.05) is 12.1 Å². The highest BCUT2D eigenvalue weighted by Gasteiger charge is 2.16. The van der Waals surface area contributed by atoms with Crippen molar-refractivity contribution in [1.29, 1.82) is 0 Å². The largest absolute Gasteiger partial charge is 0.506 e. The van der Waals surface area contributed by atoms with Crippen molar-refractivity contribution in [1.82, 2.24) is 10.6 Å². The van der Waals surface area contributed by atoms with E-state index in [2.05, 4.69) is 42.5 Å². The molecule has 1 aromatic rings. The van der Waals surface area contributed by atoms with Crippen LogP contribution in [0.1, 0.15) is 11.6 Å². The third kappa shape index (κ3) is 3.11. The Kier molecular flexibility index (Phi) is 5.53. The Morgan fingerprint density at radius 2 is 1.81 bits per heavy atom. The maximum atomic E-state index is 9.60. The molecule has 1 aliphatic rings. The van der Waals surface area contributed by atoms with Crippen LogP contribution in [0.2, 0.25) is 0 Å². The number of nitrogens with one attached hydrogen (secondary N) is 2. The van der Waals surface area contributed by atoms with Crippen molar-refractivity contribution in [3.05, 3.63) is 26.6 Å². The number of phenolic OH excluding ortho intramolecular Hbond substituents is 1. The molecule has 0 amide bonds. The Morgan fingerprint density at radius 1 is 1.19 bits per heavy atom. The minimum absolute atomic E-state index is 0. The topological polar surface area (TPSA) is 44.3 Å². The summed E-state index contributed by atoms with van der Waals surface area (Å²) in [5.74, 6) is 0.252. The number of phenols is 1. The second kappa shape index (κ2) is 6.21. The molecule has 1 aromatic carbocycles. The van der Waals surface area contributed by atoms with E-state index in [0.29, 0.717) is 6.04 Å². The summed E-state index contributed by atoms with van der Waals surface area (Å²) in [6.45, 7) is 2.90. The lowest BCUT2D eigenvalue weighted by Crippen LogP contribution is -2.42. The molecule has 3 nitrogen and oxygen atoms in total. The van der Waals surface area contributed by atoms with Gasteiger partial charge >= 0.3 is 0 Å². The highest BCUT2D eigenvalue weighted by atomic mass is 79.9. The Labute approximate surface area is 118 Å². The summed E-state index contributed by atoms with van der Waals surface area (Å²) in [4.78, 5) is 0. The molecule has 1 aliphatic heterocycles. The molecule has 0 unspecified atom stereocenters. The van der Waals surface area contributed by atoms with Crippen molar-refractivity contribution in [2.45, 2.75) is 6.04 Å². The van der Waals surface area contributed by atoms with E-state index >= 15 is 0 Å². The van der Waals surface area contributed by atoms with Gasteiger partial charge in [0, 0.05) is 25.7 Å². The zero-order valence-electron chi connectivity index (χ0n) is 8.46. The van der Waals surface area contributed by atoms with Gasteiger partial charge in [0.15, 0.2) is 0 Å². The summed E-state index contributed by atoms with van der Waals surface area (Å²) in [6, 6.07) is 4.21. The van der Waals surface area contributed by atoms with Crippen LogP contribution in [-0.4, -0.2) is 24.7 Å². The minimum Gasteiger partial charge on any atom is -0.506 e. The molecular formula is C10H13Br2ClN2O. The molecule has 2 rings (SSSR count). The first kappa shape index (κ1) is 14.3. The lowest BCUT2D eigenvalue weighted by molar-refractivity contribution is 0.428. The second-order valence-electron chi connectivity index (χ2n) is 3.54. The van der Waals surface area contributed by atoms with Gasteiger partial charge in [0.25, 0.3) is 0 Å². The third-order valence-corrected chi connectivity index (χ3v) is 3.69. The smallest absolute Gasteiger partial charge is 0.143 e. The van der Waals surface area contributed by atoms with E-state index in [4.69, 9.17) is 0 Å². The van der Waals surface area contributed by atoms with Crippen LogP contribution < -0.4 is 10.6 Å². The molecule has 1 saturated heterocycles. The molecule has 0 spiro atoms. The van der Waals surface area contributed by atoms with Crippen LogP contribution in [0.4, 0.5) is 0 Å². The van der Waals surface area contributed by atoms with E-state index in [9.17, 15) is 5.11 Å². The molecule has 1 heterocycles. The van der Waals surface area contributed by atoms with Crippen LogP contribution in [0.25, 0.3) is 0 Å². The zero-order chi connectivity index (χ0) is 10.8. The van der Waals surface area contributed by atoms with Crippen molar-refractivity contribution < 1.29 is 5.11 Å². The normalized spacial score (nSPS) is 20.2. The second-order valence-corrected chi connectivity index (χ2v) is 5.25. The Morgan fingerprint density at radius 3 is 2.31 bits per heavy atom. The minimum atomic E-state index is 0. The average molecular weight is 372 g/mol. The predicted molar refractivity (Wildman–Crippen MR) is 74.4 cm³/mol. The first-order valence-corrected chi connectivity index (χ1v) is 6.39. The first-order valence-electron chi connectivity index (χ1n) is 4.80. The van der Waals surface area contributed by atoms with E-state index in [0.717, 1.165) is 28.6 Å². The number of hydrogen-bond acceptors (Lipinski definition) is 3. The van der Waals surface area contributed by atoms with Gasteiger partial charge in [0.1, 0.15) is 5.75 Å². The Bertz CT molecular complexity index is 347.